The number of hydrogen-bond donors (Lipinski definition) is 1. The number of aliphatic carboxylic acids is 1. The third kappa shape index (κ3) is 4.50. The third-order valence-electron chi connectivity index (χ3n) is 5.26. The summed E-state index contributed by atoms with van der Waals surface area (Å²) in [5.74, 6) is -1.64. The fraction of sp³-hybridized carbons (Fsp3) is 0.364. The Morgan fingerprint density at radius 3 is 2.43 bits per heavy atom. The maximum Gasteiger partial charge on any atom is 0.304 e. The number of hydrogen-bond acceptors (Lipinski definition) is 2. The van der Waals surface area contributed by atoms with Gasteiger partial charge in [-0.1, -0.05) is 54.4 Å². The van der Waals surface area contributed by atoms with E-state index in [0.29, 0.717) is 23.0 Å². The lowest BCUT2D eigenvalue weighted by atomic mass is 9.75. The van der Waals surface area contributed by atoms with Crippen molar-refractivity contribution in [2.45, 2.75) is 38.1 Å². The van der Waals surface area contributed by atoms with Crippen molar-refractivity contribution in [3.63, 3.8) is 0 Å². The van der Waals surface area contributed by atoms with Gasteiger partial charge in [-0.3, -0.25) is 9.59 Å². The van der Waals surface area contributed by atoms with Crippen LogP contribution < -0.4 is 0 Å². The van der Waals surface area contributed by atoms with Crippen LogP contribution in [0.5, 0.6) is 0 Å². The molecule has 148 valence electrons. The first kappa shape index (κ1) is 20.7. The highest BCUT2D eigenvalue weighted by Gasteiger charge is 2.43. The van der Waals surface area contributed by atoms with Crippen LogP contribution in [0.1, 0.15) is 49.3 Å². The Morgan fingerprint density at radius 1 is 1.11 bits per heavy atom. The lowest BCUT2D eigenvalue weighted by molar-refractivity contribution is -0.149. The second-order valence-electron chi connectivity index (χ2n) is 7.22. The summed E-state index contributed by atoms with van der Waals surface area (Å²) in [6.07, 6.45) is 1.10. The van der Waals surface area contributed by atoms with Gasteiger partial charge < -0.3 is 10.0 Å². The molecule has 1 saturated heterocycles. The van der Waals surface area contributed by atoms with E-state index >= 15 is 0 Å². The molecule has 0 aliphatic carbocycles. The number of rotatable bonds is 6. The first-order chi connectivity index (χ1) is 13.4. The first-order valence-electron chi connectivity index (χ1n) is 9.44. The number of carbonyl (C=O) groups excluding carboxylic acids is 1. The molecule has 1 aliphatic heterocycles. The molecule has 3 atom stereocenters. The van der Waals surface area contributed by atoms with Crippen molar-refractivity contribution in [1.82, 2.24) is 4.90 Å². The predicted octanol–water partition coefficient (Wildman–Crippen LogP) is 5.55. The molecule has 28 heavy (non-hydrogen) atoms. The predicted molar refractivity (Wildman–Crippen MR) is 111 cm³/mol. The average Bonchev–Trinajstić information content (AvgIpc) is 2.65. The highest BCUT2D eigenvalue weighted by atomic mass is 35.5. The molecule has 4 nitrogen and oxygen atoms in total. The monoisotopic (exact) mass is 419 g/mol. The summed E-state index contributed by atoms with van der Waals surface area (Å²) in [7, 11) is 0. The fourth-order valence-electron chi connectivity index (χ4n) is 4.12. The van der Waals surface area contributed by atoms with Gasteiger partial charge in [-0.15, -0.1) is 0 Å². The van der Waals surface area contributed by atoms with Gasteiger partial charge in [-0.2, -0.15) is 0 Å². The number of carboxylic acids is 1. The van der Waals surface area contributed by atoms with E-state index in [0.717, 1.165) is 17.5 Å². The first-order valence-corrected chi connectivity index (χ1v) is 10.2. The van der Waals surface area contributed by atoms with Gasteiger partial charge in [0.15, 0.2) is 0 Å². The molecule has 0 saturated carbocycles. The van der Waals surface area contributed by atoms with Crippen molar-refractivity contribution in [3.05, 3.63) is 69.7 Å². The number of amides is 1. The molecule has 1 heterocycles. The van der Waals surface area contributed by atoms with Crippen molar-refractivity contribution in [1.29, 1.82) is 0 Å². The molecule has 2 aromatic carbocycles. The van der Waals surface area contributed by atoms with Crippen LogP contribution in [-0.2, 0) is 9.59 Å². The summed E-state index contributed by atoms with van der Waals surface area (Å²) in [5.41, 5.74) is 2.00. The van der Waals surface area contributed by atoms with E-state index in [-0.39, 0.29) is 24.3 Å². The number of piperidine rings is 1. The van der Waals surface area contributed by atoms with Crippen molar-refractivity contribution in [3.8, 4) is 0 Å². The summed E-state index contributed by atoms with van der Waals surface area (Å²) < 4.78 is 0. The van der Waals surface area contributed by atoms with Gasteiger partial charge in [0, 0.05) is 28.4 Å². The highest BCUT2D eigenvalue weighted by molar-refractivity contribution is 6.30. The largest absolute Gasteiger partial charge is 0.481 e. The van der Waals surface area contributed by atoms with Crippen LogP contribution in [-0.4, -0.2) is 28.4 Å². The highest BCUT2D eigenvalue weighted by Crippen LogP contribution is 2.46. The van der Waals surface area contributed by atoms with E-state index in [1.807, 2.05) is 60.4 Å². The summed E-state index contributed by atoms with van der Waals surface area (Å²) >= 11 is 12.3. The normalized spacial score (nSPS) is 22.3. The molecular formula is C22H23Cl2NO3. The molecule has 0 radical (unpaired) electrons. The van der Waals surface area contributed by atoms with Crippen molar-refractivity contribution < 1.29 is 14.7 Å². The number of likely N-dealkylation sites (tertiary alicyclic amines) is 1. The van der Waals surface area contributed by atoms with E-state index < -0.39 is 11.9 Å². The van der Waals surface area contributed by atoms with Crippen LogP contribution in [0, 0.1) is 5.92 Å². The van der Waals surface area contributed by atoms with Gasteiger partial charge in [0.1, 0.15) is 0 Å². The van der Waals surface area contributed by atoms with E-state index in [4.69, 9.17) is 23.2 Å². The SMILES string of the molecule is CCCN1C(=O)[C@H](CC(=O)O)CC(c2cccc(Cl)c2)C1c1ccc(Cl)cc1. The minimum Gasteiger partial charge on any atom is -0.481 e. The number of benzene rings is 2. The van der Waals surface area contributed by atoms with Crippen LogP contribution in [0.15, 0.2) is 48.5 Å². The van der Waals surface area contributed by atoms with Crippen molar-refractivity contribution >= 4 is 35.1 Å². The molecule has 0 bridgehead atoms. The Labute approximate surface area is 175 Å². The zero-order valence-corrected chi connectivity index (χ0v) is 17.2. The fourth-order valence-corrected chi connectivity index (χ4v) is 4.45. The number of nitrogens with zero attached hydrogens (tertiary/aromatic N) is 1. The molecule has 0 spiro atoms. The van der Waals surface area contributed by atoms with Gasteiger partial charge in [0.05, 0.1) is 12.5 Å². The molecule has 1 amide bonds. The standard InChI is InChI=1S/C22H23Cl2NO3/c1-2-10-25-21(14-6-8-17(23)9-7-14)19(15-4-3-5-18(24)11-15)12-16(22(25)28)13-20(26)27/h3-9,11,16,19,21H,2,10,12-13H2,1H3,(H,26,27)/t16-,19?,21?/m0/s1. The Hall–Kier alpha value is -2.04. The summed E-state index contributed by atoms with van der Waals surface area (Å²) in [4.78, 5) is 26.4. The van der Waals surface area contributed by atoms with Crippen LogP contribution in [0.4, 0.5) is 0 Å². The second-order valence-corrected chi connectivity index (χ2v) is 8.09. The van der Waals surface area contributed by atoms with E-state index in [1.54, 1.807) is 0 Å². The Bertz CT molecular complexity index is 853. The quantitative estimate of drug-likeness (QED) is 0.667. The number of carboxylic acid groups (broad SMARTS) is 1. The van der Waals surface area contributed by atoms with Gasteiger partial charge in [-0.05, 0) is 48.2 Å². The second kappa shape index (κ2) is 8.97. The van der Waals surface area contributed by atoms with Crippen LogP contribution in [0.3, 0.4) is 0 Å². The number of carbonyl (C=O) groups is 2. The zero-order valence-electron chi connectivity index (χ0n) is 15.6. The Morgan fingerprint density at radius 2 is 1.82 bits per heavy atom. The van der Waals surface area contributed by atoms with Crippen LogP contribution in [0.25, 0.3) is 0 Å². The van der Waals surface area contributed by atoms with Gasteiger partial charge >= 0.3 is 5.97 Å². The van der Waals surface area contributed by atoms with Crippen molar-refractivity contribution in [2.75, 3.05) is 6.54 Å². The summed E-state index contributed by atoms with van der Waals surface area (Å²) in [6, 6.07) is 15.0. The van der Waals surface area contributed by atoms with Crippen LogP contribution in [0.2, 0.25) is 10.0 Å². The molecule has 2 aromatic rings. The maximum atomic E-state index is 13.2. The summed E-state index contributed by atoms with van der Waals surface area (Å²) in [5, 5.41) is 10.6. The molecule has 0 aromatic heterocycles. The molecule has 2 unspecified atom stereocenters. The van der Waals surface area contributed by atoms with Gasteiger partial charge in [0.2, 0.25) is 5.91 Å². The lowest BCUT2D eigenvalue weighted by Crippen LogP contribution is -2.47. The summed E-state index contributed by atoms with van der Waals surface area (Å²) in [6.45, 7) is 2.58. The van der Waals surface area contributed by atoms with Crippen molar-refractivity contribution in [2.24, 2.45) is 5.92 Å². The lowest BCUT2D eigenvalue weighted by Gasteiger charge is -2.45. The maximum absolute atomic E-state index is 13.2. The van der Waals surface area contributed by atoms with Crippen LogP contribution >= 0.6 is 23.2 Å². The molecular weight excluding hydrogens is 397 g/mol. The smallest absolute Gasteiger partial charge is 0.304 e. The average molecular weight is 420 g/mol. The topological polar surface area (TPSA) is 57.6 Å². The Kier molecular flexibility index (Phi) is 6.63. The third-order valence-corrected chi connectivity index (χ3v) is 5.75. The minimum atomic E-state index is -0.954. The Balaban J connectivity index is 2.09. The number of halogens is 2. The molecule has 1 aliphatic rings. The van der Waals surface area contributed by atoms with E-state index in [9.17, 15) is 14.7 Å². The molecule has 6 heteroatoms. The molecule has 1 fully saturated rings. The minimum absolute atomic E-state index is 0.0477. The van der Waals surface area contributed by atoms with Gasteiger partial charge in [0.25, 0.3) is 0 Å². The van der Waals surface area contributed by atoms with Gasteiger partial charge in [-0.25, -0.2) is 0 Å². The zero-order chi connectivity index (χ0) is 20.3. The molecule has 1 N–H and O–H groups in total. The van der Waals surface area contributed by atoms with E-state index in [1.165, 1.54) is 0 Å². The van der Waals surface area contributed by atoms with E-state index in [2.05, 4.69) is 0 Å². The molecule has 3 rings (SSSR count).